The Labute approximate surface area is 168 Å². The fourth-order valence-corrected chi connectivity index (χ4v) is 2.55. The first-order chi connectivity index (χ1) is 12.8. The van der Waals surface area contributed by atoms with Gasteiger partial charge in [0.1, 0.15) is 5.60 Å². The van der Waals surface area contributed by atoms with Gasteiger partial charge in [-0.2, -0.15) is 5.10 Å². The summed E-state index contributed by atoms with van der Waals surface area (Å²) in [6.45, 7) is 10.5. The standard InChI is InChI=1S/C19H37N7O2/c1-18(2,3)28-17(27)24-19(4,5)13-22-16(20-6)21-11-15(25(7)8)14-10-23-26(9)12-14/h10,12,15H,11,13H2,1-9H3,(H,24,27)(H2,20,21,22). The molecule has 1 aromatic rings. The van der Waals surface area contributed by atoms with Crippen LogP contribution in [0.1, 0.15) is 46.2 Å². The van der Waals surface area contributed by atoms with Crippen molar-refractivity contribution in [1.29, 1.82) is 0 Å². The third-order valence-electron chi connectivity index (χ3n) is 3.96. The fourth-order valence-electron chi connectivity index (χ4n) is 2.55. The Hall–Kier alpha value is -2.29. The quantitative estimate of drug-likeness (QED) is 0.478. The number of amides is 1. The van der Waals surface area contributed by atoms with Crippen molar-refractivity contribution in [2.75, 3.05) is 34.2 Å². The molecule has 9 nitrogen and oxygen atoms in total. The second-order valence-electron chi connectivity index (χ2n) is 8.74. The van der Waals surface area contributed by atoms with Gasteiger partial charge in [0, 0.05) is 38.9 Å². The Balaban J connectivity index is 2.58. The number of aromatic nitrogens is 2. The van der Waals surface area contributed by atoms with Crippen LogP contribution < -0.4 is 16.0 Å². The minimum Gasteiger partial charge on any atom is -0.444 e. The number of alkyl carbamates (subject to hydrolysis) is 1. The lowest BCUT2D eigenvalue weighted by atomic mass is 10.1. The van der Waals surface area contributed by atoms with Crippen LogP contribution in [0.4, 0.5) is 4.79 Å². The van der Waals surface area contributed by atoms with Crippen LogP contribution in [-0.2, 0) is 11.8 Å². The molecule has 0 aliphatic carbocycles. The van der Waals surface area contributed by atoms with Crippen molar-refractivity contribution in [3.8, 4) is 0 Å². The molecule has 0 aliphatic heterocycles. The third kappa shape index (κ3) is 8.60. The molecule has 28 heavy (non-hydrogen) atoms. The van der Waals surface area contributed by atoms with Crippen LogP contribution in [-0.4, -0.2) is 72.1 Å². The van der Waals surface area contributed by atoms with Crippen LogP contribution in [0.25, 0.3) is 0 Å². The van der Waals surface area contributed by atoms with Gasteiger partial charge in [0.15, 0.2) is 5.96 Å². The topological polar surface area (TPSA) is 95.8 Å². The number of hydrogen-bond acceptors (Lipinski definition) is 5. The van der Waals surface area contributed by atoms with E-state index in [4.69, 9.17) is 4.74 Å². The highest BCUT2D eigenvalue weighted by Crippen LogP contribution is 2.16. The highest BCUT2D eigenvalue weighted by atomic mass is 16.6. The van der Waals surface area contributed by atoms with Gasteiger partial charge in [0.2, 0.25) is 0 Å². The largest absolute Gasteiger partial charge is 0.444 e. The summed E-state index contributed by atoms with van der Waals surface area (Å²) < 4.78 is 7.12. The zero-order valence-electron chi connectivity index (χ0n) is 18.8. The van der Waals surface area contributed by atoms with Crippen LogP contribution in [0.5, 0.6) is 0 Å². The number of carbonyl (C=O) groups is 1. The number of nitrogens with one attached hydrogen (secondary N) is 3. The molecule has 0 aliphatic rings. The smallest absolute Gasteiger partial charge is 0.408 e. The SMILES string of the molecule is CN=C(NCC(c1cnn(C)c1)N(C)C)NCC(C)(C)NC(=O)OC(C)(C)C. The Morgan fingerprint density at radius 3 is 2.39 bits per heavy atom. The second kappa shape index (κ2) is 9.77. The monoisotopic (exact) mass is 395 g/mol. The maximum Gasteiger partial charge on any atom is 0.408 e. The van der Waals surface area contributed by atoms with Gasteiger partial charge >= 0.3 is 6.09 Å². The van der Waals surface area contributed by atoms with Crippen molar-refractivity contribution in [1.82, 2.24) is 30.6 Å². The molecule has 9 heteroatoms. The number of nitrogens with zero attached hydrogens (tertiary/aromatic N) is 4. The normalized spacial score (nSPS) is 14.0. The lowest BCUT2D eigenvalue weighted by Crippen LogP contribution is -2.54. The van der Waals surface area contributed by atoms with E-state index in [2.05, 4.69) is 30.9 Å². The van der Waals surface area contributed by atoms with Crippen molar-refractivity contribution < 1.29 is 9.53 Å². The molecule has 1 rings (SSSR count). The highest BCUT2D eigenvalue weighted by molar-refractivity contribution is 5.80. The minimum atomic E-state index is -0.529. The zero-order valence-corrected chi connectivity index (χ0v) is 18.8. The third-order valence-corrected chi connectivity index (χ3v) is 3.96. The molecule has 1 unspecified atom stereocenters. The van der Waals surface area contributed by atoms with Gasteiger partial charge in [-0.25, -0.2) is 4.79 Å². The molecule has 1 amide bonds. The lowest BCUT2D eigenvalue weighted by molar-refractivity contribution is 0.0474. The van der Waals surface area contributed by atoms with Gasteiger partial charge in [0.05, 0.1) is 17.8 Å². The molecule has 1 aromatic heterocycles. The summed E-state index contributed by atoms with van der Waals surface area (Å²) in [6, 6.07) is 0.153. The molecule has 3 N–H and O–H groups in total. The number of aliphatic imine (C=N–C) groups is 1. The van der Waals surface area contributed by atoms with Crippen molar-refractivity contribution in [2.24, 2.45) is 12.0 Å². The molecule has 0 fully saturated rings. The Kier molecular flexibility index (Phi) is 8.29. The van der Waals surface area contributed by atoms with Crippen LogP contribution in [0, 0.1) is 0 Å². The minimum absolute atomic E-state index is 0.153. The van der Waals surface area contributed by atoms with E-state index < -0.39 is 17.2 Å². The summed E-state index contributed by atoms with van der Waals surface area (Å²) in [7, 11) is 7.69. The predicted molar refractivity (Wildman–Crippen MR) is 112 cm³/mol. The van der Waals surface area contributed by atoms with E-state index in [0.29, 0.717) is 19.0 Å². The van der Waals surface area contributed by atoms with Gasteiger partial charge < -0.3 is 25.6 Å². The summed E-state index contributed by atoms with van der Waals surface area (Å²) in [4.78, 5) is 18.4. The number of aryl methyl sites for hydroxylation is 1. The van der Waals surface area contributed by atoms with Crippen molar-refractivity contribution in [2.45, 2.75) is 51.8 Å². The molecule has 0 bridgehead atoms. The van der Waals surface area contributed by atoms with Crippen LogP contribution >= 0.6 is 0 Å². The number of guanidine groups is 1. The van der Waals surface area contributed by atoms with Crippen molar-refractivity contribution in [3.05, 3.63) is 18.0 Å². The number of ether oxygens (including phenoxy) is 1. The van der Waals surface area contributed by atoms with E-state index >= 15 is 0 Å². The van der Waals surface area contributed by atoms with E-state index in [1.165, 1.54) is 0 Å². The van der Waals surface area contributed by atoms with E-state index in [-0.39, 0.29) is 6.04 Å². The molecule has 0 spiro atoms. The van der Waals surface area contributed by atoms with Gasteiger partial charge in [0.25, 0.3) is 0 Å². The fraction of sp³-hybridized carbons (Fsp3) is 0.737. The molecular formula is C19H37N7O2. The number of hydrogen-bond donors (Lipinski definition) is 3. The summed E-state index contributed by atoms with van der Waals surface area (Å²) in [6.07, 6.45) is 3.44. The van der Waals surface area contributed by atoms with Crippen LogP contribution in [0.15, 0.2) is 17.4 Å². The number of rotatable bonds is 7. The highest BCUT2D eigenvalue weighted by Gasteiger charge is 2.25. The first kappa shape index (κ1) is 23.7. The molecule has 0 radical (unpaired) electrons. The number of likely N-dealkylation sites (N-methyl/N-ethyl adjacent to an activating group) is 1. The van der Waals surface area contributed by atoms with E-state index in [9.17, 15) is 4.79 Å². The second-order valence-corrected chi connectivity index (χ2v) is 8.74. The maximum absolute atomic E-state index is 12.0. The van der Waals surface area contributed by atoms with Gasteiger partial charge in [-0.15, -0.1) is 0 Å². The van der Waals surface area contributed by atoms with E-state index in [1.807, 2.05) is 68.2 Å². The lowest BCUT2D eigenvalue weighted by Gasteiger charge is -2.30. The average molecular weight is 396 g/mol. The summed E-state index contributed by atoms with van der Waals surface area (Å²) in [5.74, 6) is 0.662. The molecule has 1 heterocycles. The zero-order chi connectivity index (χ0) is 21.5. The molecule has 160 valence electrons. The van der Waals surface area contributed by atoms with Crippen LogP contribution in [0.2, 0.25) is 0 Å². The Morgan fingerprint density at radius 1 is 1.29 bits per heavy atom. The van der Waals surface area contributed by atoms with E-state index in [1.54, 1.807) is 11.7 Å². The first-order valence-electron chi connectivity index (χ1n) is 9.43. The van der Waals surface area contributed by atoms with E-state index in [0.717, 1.165) is 5.56 Å². The summed E-state index contributed by atoms with van der Waals surface area (Å²) >= 11 is 0. The molecule has 1 atom stereocenters. The van der Waals surface area contributed by atoms with Gasteiger partial charge in [-0.3, -0.25) is 9.67 Å². The van der Waals surface area contributed by atoms with Crippen molar-refractivity contribution >= 4 is 12.1 Å². The molecule has 0 saturated carbocycles. The van der Waals surface area contributed by atoms with Gasteiger partial charge in [-0.05, 0) is 48.7 Å². The first-order valence-corrected chi connectivity index (χ1v) is 9.43. The predicted octanol–water partition coefficient (Wildman–Crippen LogP) is 1.49. The Morgan fingerprint density at radius 2 is 1.93 bits per heavy atom. The Bertz CT molecular complexity index is 659. The van der Waals surface area contributed by atoms with Gasteiger partial charge in [-0.1, -0.05) is 0 Å². The molecule has 0 saturated heterocycles. The molecular weight excluding hydrogens is 358 g/mol. The maximum atomic E-state index is 12.0. The molecule has 0 aromatic carbocycles. The average Bonchev–Trinajstić information content (AvgIpc) is 2.93. The summed E-state index contributed by atoms with van der Waals surface area (Å²) in [5.41, 5.74) is 0.0884. The van der Waals surface area contributed by atoms with Crippen molar-refractivity contribution in [3.63, 3.8) is 0 Å². The van der Waals surface area contributed by atoms with Crippen LogP contribution in [0.3, 0.4) is 0 Å². The number of carbonyl (C=O) groups excluding carboxylic acids is 1. The summed E-state index contributed by atoms with van der Waals surface area (Å²) in [5, 5.41) is 13.7.